The van der Waals surface area contributed by atoms with Crippen LogP contribution >= 0.6 is 0 Å². The molecule has 4 rings (SSSR count). The third-order valence-electron chi connectivity index (χ3n) is 3.94. The fraction of sp³-hybridized carbons (Fsp3) is 0.250. The first kappa shape index (κ1) is 15.6. The first-order valence-electron chi connectivity index (χ1n) is 7.71. The highest BCUT2D eigenvalue weighted by atomic mass is 19.1. The topological polar surface area (TPSA) is 90.0 Å². The summed E-state index contributed by atoms with van der Waals surface area (Å²) in [7, 11) is 0. The van der Waals surface area contributed by atoms with Gasteiger partial charge in [0, 0.05) is 13.1 Å². The van der Waals surface area contributed by atoms with Gasteiger partial charge in [-0.1, -0.05) is 6.07 Å². The van der Waals surface area contributed by atoms with Gasteiger partial charge in [-0.05, 0) is 12.1 Å². The van der Waals surface area contributed by atoms with E-state index in [2.05, 4.69) is 19.9 Å². The smallest absolute Gasteiger partial charge is 0.224 e. The van der Waals surface area contributed by atoms with Crippen molar-refractivity contribution >= 4 is 22.9 Å². The molecule has 0 atom stereocenters. The largest absolute Gasteiger partial charge is 0.378 e. The van der Waals surface area contributed by atoms with Crippen LogP contribution in [0, 0.1) is 11.6 Å². The lowest BCUT2D eigenvalue weighted by Gasteiger charge is -2.28. The molecule has 2 N–H and O–H groups in total. The molecular weight excluding hydrogens is 330 g/mol. The van der Waals surface area contributed by atoms with E-state index in [-0.39, 0.29) is 22.9 Å². The lowest BCUT2D eigenvalue weighted by Crippen LogP contribution is -2.37. The van der Waals surface area contributed by atoms with Crippen LogP contribution < -0.4 is 10.6 Å². The van der Waals surface area contributed by atoms with E-state index in [0.717, 1.165) is 0 Å². The molecule has 2 aromatic heterocycles. The maximum atomic E-state index is 14.1. The number of nitrogens with zero attached hydrogens (tertiary/aromatic N) is 5. The van der Waals surface area contributed by atoms with Gasteiger partial charge in [0.15, 0.2) is 17.0 Å². The average molecular weight is 344 g/mol. The molecule has 3 heterocycles. The van der Waals surface area contributed by atoms with Crippen molar-refractivity contribution in [1.82, 2.24) is 19.9 Å². The minimum Gasteiger partial charge on any atom is -0.378 e. The van der Waals surface area contributed by atoms with E-state index in [4.69, 9.17) is 10.5 Å². The number of aromatic nitrogens is 4. The van der Waals surface area contributed by atoms with Crippen LogP contribution in [0.2, 0.25) is 0 Å². The number of hydrogen-bond donors (Lipinski definition) is 1. The molecule has 0 bridgehead atoms. The summed E-state index contributed by atoms with van der Waals surface area (Å²) in [5.41, 5.74) is 6.22. The van der Waals surface area contributed by atoms with E-state index in [1.165, 1.54) is 24.4 Å². The second-order valence-electron chi connectivity index (χ2n) is 5.53. The molecule has 1 fully saturated rings. The van der Waals surface area contributed by atoms with Crippen molar-refractivity contribution in [1.29, 1.82) is 0 Å². The Hall–Kier alpha value is -2.94. The monoisotopic (exact) mass is 344 g/mol. The van der Waals surface area contributed by atoms with Crippen LogP contribution in [0.1, 0.15) is 0 Å². The molecule has 128 valence electrons. The predicted octanol–water partition coefficient (Wildman–Crippen LogP) is 1.78. The van der Waals surface area contributed by atoms with Gasteiger partial charge < -0.3 is 15.4 Å². The molecule has 1 aliphatic rings. The Bertz CT molecular complexity index is 925. The van der Waals surface area contributed by atoms with Crippen molar-refractivity contribution in [3.8, 4) is 11.3 Å². The molecule has 1 saturated heterocycles. The van der Waals surface area contributed by atoms with Crippen LogP contribution in [0.3, 0.4) is 0 Å². The predicted molar refractivity (Wildman–Crippen MR) is 87.9 cm³/mol. The highest BCUT2D eigenvalue weighted by molar-refractivity contribution is 5.85. The van der Waals surface area contributed by atoms with Gasteiger partial charge in [0.05, 0.1) is 30.7 Å². The van der Waals surface area contributed by atoms with Gasteiger partial charge in [0.2, 0.25) is 5.95 Å². The number of hydrogen-bond acceptors (Lipinski definition) is 7. The Labute approximate surface area is 141 Å². The molecular formula is C16H14F2N6O. The molecule has 9 heteroatoms. The van der Waals surface area contributed by atoms with Crippen molar-refractivity contribution in [3.63, 3.8) is 0 Å². The third-order valence-corrected chi connectivity index (χ3v) is 3.94. The molecule has 1 aromatic carbocycles. The van der Waals surface area contributed by atoms with E-state index >= 15 is 0 Å². The summed E-state index contributed by atoms with van der Waals surface area (Å²) in [6.45, 7) is 2.29. The Morgan fingerprint density at radius 3 is 2.48 bits per heavy atom. The standard InChI is InChI=1S/C16H14F2N6O/c17-9-2-1-3-10(18)12(9)11-8-20-14-13(21-11)15(23-16(19)22-14)24-4-6-25-7-5-24/h1-3,8H,4-7H2,(H2,19,20,22,23). The van der Waals surface area contributed by atoms with E-state index in [1.807, 2.05) is 4.90 Å². The summed E-state index contributed by atoms with van der Waals surface area (Å²) in [4.78, 5) is 18.8. The van der Waals surface area contributed by atoms with Gasteiger partial charge in [-0.3, -0.25) is 0 Å². The zero-order valence-electron chi connectivity index (χ0n) is 13.1. The number of nitrogen functional groups attached to an aromatic ring is 1. The molecule has 0 spiro atoms. The van der Waals surface area contributed by atoms with Crippen molar-refractivity contribution < 1.29 is 13.5 Å². The second-order valence-corrected chi connectivity index (χ2v) is 5.53. The molecule has 0 saturated carbocycles. The summed E-state index contributed by atoms with van der Waals surface area (Å²) in [5.74, 6) is -0.874. The average Bonchev–Trinajstić information content (AvgIpc) is 2.62. The van der Waals surface area contributed by atoms with Crippen molar-refractivity contribution in [3.05, 3.63) is 36.0 Å². The zero-order chi connectivity index (χ0) is 17.4. The van der Waals surface area contributed by atoms with E-state index in [9.17, 15) is 8.78 Å². The highest BCUT2D eigenvalue weighted by Gasteiger charge is 2.20. The Morgan fingerprint density at radius 2 is 1.76 bits per heavy atom. The van der Waals surface area contributed by atoms with Crippen molar-refractivity contribution in [2.75, 3.05) is 36.9 Å². The van der Waals surface area contributed by atoms with E-state index in [0.29, 0.717) is 37.6 Å². The molecule has 0 aliphatic carbocycles. The van der Waals surface area contributed by atoms with Crippen LogP contribution in [-0.4, -0.2) is 46.2 Å². The Morgan fingerprint density at radius 1 is 1.04 bits per heavy atom. The SMILES string of the molecule is Nc1nc(N2CCOCC2)c2nc(-c3c(F)cccc3F)cnc2n1. The van der Waals surface area contributed by atoms with Gasteiger partial charge in [-0.2, -0.15) is 9.97 Å². The van der Waals surface area contributed by atoms with E-state index < -0.39 is 11.6 Å². The quantitative estimate of drug-likeness (QED) is 0.758. The number of halogens is 2. The fourth-order valence-electron chi connectivity index (χ4n) is 2.77. The summed E-state index contributed by atoms with van der Waals surface area (Å²) >= 11 is 0. The van der Waals surface area contributed by atoms with Gasteiger partial charge in [0.1, 0.15) is 11.6 Å². The van der Waals surface area contributed by atoms with Crippen LogP contribution in [0.25, 0.3) is 22.4 Å². The number of benzene rings is 1. The lowest BCUT2D eigenvalue weighted by atomic mass is 10.1. The summed E-state index contributed by atoms with van der Waals surface area (Å²) < 4.78 is 33.5. The lowest BCUT2D eigenvalue weighted by molar-refractivity contribution is 0.122. The molecule has 0 amide bonds. The molecule has 25 heavy (non-hydrogen) atoms. The number of morpholine rings is 1. The highest BCUT2D eigenvalue weighted by Crippen LogP contribution is 2.28. The number of ether oxygens (including phenoxy) is 1. The number of anilines is 2. The maximum Gasteiger partial charge on any atom is 0.224 e. The molecule has 1 aliphatic heterocycles. The third kappa shape index (κ3) is 2.82. The number of fused-ring (bicyclic) bond motifs is 1. The summed E-state index contributed by atoms with van der Waals surface area (Å²) in [5, 5.41) is 0. The Balaban J connectivity index is 1.91. The van der Waals surface area contributed by atoms with Crippen LogP contribution in [0.15, 0.2) is 24.4 Å². The van der Waals surface area contributed by atoms with Crippen LogP contribution in [0.5, 0.6) is 0 Å². The number of rotatable bonds is 2. The fourth-order valence-corrected chi connectivity index (χ4v) is 2.77. The molecule has 7 nitrogen and oxygen atoms in total. The summed E-state index contributed by atoms with van der Waals surface area (Å²) in [6.07, 6.45) is 1.28. The van der Waals surface area contributed by atoms with Crippen LogP contribution in [-0.2, 0) is 4.74 Å². The zero-order valence-corrected chi connectivity index (χ0v) is 13.1. The maximum absolute atomic E-state index is 14.1. The molecule has 0 unspecified atom stereocenters. The number of nitrogens with two attached hydrogens (primary N) is 1. The minimum atomic E-state index is -0.710. The van der Waals surface area contributed by atoms with Crippen molar-refractivity contribution in [2.24, 2.45) is 0 Å². The first-order chi connectivity index (χ1) is 12.1. The van der Waals surface area contributed by atoms with Crippen LogP contribution in [0.4, 0.5) is 20.5 Å². The Kier molecular flexibility index (Phi) is 3.85. The molecule has 0 radical (unpaired) electrons. The van der Waals surface area contributed by atoms with Gasteiger partial charge in [0.25, 0.3) is 0 Å². The second kappa shape index (κ2) is 6.17. The van der Waals surface area contributed by atoms with Crippen molar-refractivity contribution in [2.45, 2.75) is 0 Å². The van der Waals surface area contributed by atoms with Gasteiger partial charge in [-0.25, -0.2) is 18.7 Å². The summed E-state index contributed by atoms with van der Waals surface area (Å²) in [6, 6.07) is 3.64. The molecule has 3 aromatic rings. The van der Waals surface area contributed by atoms with Gasteiger partial charge >= 0.3 is 0 Å². The van der Waals surface area contributed by atoms with E-state index in [1.54, 1.807) is 0 Å². The van der Waals surface area contributed by atoms with Gasteiger partial charge in [-0.15, -0.1) is 0 Å². The normalized spacial score (nSPS) is 14.9. The first-order valence-corrected chi connectivity index (χ1v) is 7.71. The minimum absolute atomic E-state index is 0.0631.